The van der Waals surface area contributed by atoms with Crippen LogP contribution in [-0.2, 0) is 0 Å². The Morgan fingerprint density at radius 1 is 1.06 bits per heavy atom. The van der Waals surface area contributed by atoms with Gasteiger partial charge in [0.2, 0.25) is 0 Å². The largest absolute Gasteiger partial charge is 0.298 e. The van der Waals surface area contributed by atoms with Gasteiger partial charge in [0.25, 0.3) is 0 Å². The Hall–Kier alpha value is -1.60. The molecule has 0 radical (unpaired) electrons. The molecule has 16 heavy (non-hydrogen) atoms. The zero-order valence-corrected chi connectivity index (χ0v) is 9.66. The van der Waals surface area contributed by atoms with E-state index in [4.69, 9.17) is 11.6 Å². The maximum absolute atomic E-state index is 10.7. The Morgan fingerprint density at radius 2 is 1.81 bits per heavy atom. The lowest BCUT2D eigenvalue weighted by atomic mass is 9.99. The van der Waals surface area contributed by atoms with Crippen LogP contribution >= 0.6 is 11.6 Å². The first kappa shape index (κ1) is 10.9. The fourth-order valence-electron chi connectivity index (χ4n) is 1.70. The molecular formula is C14H11ClO. The van der Waals surface area contributed by atoms with Gasteiger partial charge in [-0.2, -0.15) is 0 Å². The normalized spacial score (nSPS) is 10.1. The van der Waals surface area contributed by atoms with E-state index >= 15 is 0 Å². The molecule has 2 aromatic rings. The fourth-order valence-corrected chi connectivity index (χ4v) is 1.92. The van der Waals surface area contributed by atoms with Crippen LogP contribution in [0.15, 0.2) is 42.5 Å². The van der Waals surface area contributed by atoms with E-state index in [1.165, 1.54) is 0 Å². The summed E-state index contributed by atoms with van der Waals surface area (Å²) in [5, 5.41) is 0.667. The third-order valence-electron chi connectivity index (χ3n) is 2.56. The van der Waals surface area contributed by atoms with Crippen LogP contribution in [0.4, 0.5) is 0 Å². The summed E-state index contributed by atoms with van der Waals surface area (Å²) in [6.45, 7) is 2.03. The van der Waals surface area contributed by atoms with Gasteiger partial charge in [-0.1, -0.05) is 41.9 Å². The Kier molecular flexibility index (Phi) is 3.07. The van der Waals surface area contributed by atoms with Gasteiger partial charge in [0.15, 0.2) is 0 Å². The van der Waals surface area contributed by atoms with E-state index in [1.807, 2.05) is 37.3 Å². The number of hydrogen-bond donors (Lipinski definition) is 0. The van der Waals surface area contributed by atoms with Crippen LogP contribution in [0.2, 0.25) is 5.02 Å². The third kappa shape index (κ3) is 2.00. The first-order valence-corrected chi connectivity index (χ1v) is 5.41. The standard InChI is InChI=1S/C14H11ClO/c1-10-4-2-3-5-12(10)13-8-11(9-16)6-7-14(13)15/h2-9H,1H3. The van der Waals surface area contributed by atoms with E-state index in [2.05, 4.69) is 0 Å². The van der Waals surface area contributed by atoms with Crippen molar-refractivity contribution in [3.63, 3.8) is 0 Å². The molecule has 0 aromatic heterocycles. The van der Waals surface area contributed by atoms with Crippen molar-refractivity contribution in [2.75, 3.05) is 0 Å². The number of rotatable bonds is 2. The highest BCUT2D eigenvalue weighted by Crippen LogP contribution is 2.30. The number of aldehydes is 1. The molecule has 0 saturated heterocycles. The minimum Gasteiger partial charge on any atom is -0.298 e. The molecule has 0 spiro atoms. The molecule has 0 aliphatic rings. The van der Waals surface area contributed by atoms with Gasteiger partial charge in [0, 0.05) is 16.1 Å². The minimum absolute atomic E-state index is 0.641. The van der Waals surface area contributed by atoms with E-state index < -0.39 is 0 Å². The summed E-state index contributed by atoms with van der Waals surface area (Å²) in [6, 6.07) is 13.3. The molecular weight excluding hydrogens is 220 g/mol. The molecule has 80 valence electrons. The van der Waals surface area contributed by atoms with E-state index in [-0.39, 0.29) is 0 Å². The highest BCUT2D eigenvalue weighted by molar-refractivity contribution is 6.33. The van der Waals surface area contributed by atoms with Gasteiger partial charge in [0.05, 0.1) is 0 Å². The fraction of sp³-hybridized carbons (Fsp3) is 0.0714. The molecule has 2 aromatic carbocycles. The van der Waals surface area contributed by atoms with Crippen molar-refractivity contribution >= 4 is 17.9 Å². The number of halogens is 1. The molecule has 0 fully saturated rings. The molecule has 0 aliphatic heterocycles. The molecule has 0 atom stereocenters. The molecule has 0 aliphatic carbocycles. The Balaban J connectivity index is 2.63. The molecule has 0 saturated carbocycles. The minimum atomic E-state index is 0.641. The van der Waals surface area contributed by atoms with Crippen LogP contribution in [0.5, 0.6) is 0 Å². The first-order valence-electron chi connectivity index (χ1n) is 5.03. The monoisotopic (exact) mass is 230 g/mol. The maximum Gasteiger partial charge on any atom is 0.150 e. The average Bonchev–Trinajstić information content (AvgIpc) is 2.31. The van der Waals surface area contributed by atoms with Gasteiger partial charge in [-0.05, 0) is 30.2 Å². The topological polar surface area (TPSA) is 17.1 Å². The zero-order valence-electron chi connectivity index (χ0n) is 8.91. The number of hydrogen-bond acceptors (Lipinski definition) is 1. The molecule has 0 N–H and O–H groups in total. The van der Waals surface area contributed by atoms with Gasteiger partial charge in [-0.25, -0.2) is 0 Å². The summed E-state index contributed by atoms with van der Waals surface area (Å²) in [5.74, 6) is 0. The highest BCUT2D eigenvalue weighted by Gasteiger charge is 2.06. The second kappa shape index (κ2) is 4.50. The van der Waals surface area contributed by atoms with E-state index in [0.29, 0.717) is 10.6 Å². The third-order valence-corrected chi connectivity index (χ3v) is 2.89. The van der Waals surface area contributed by atoms with Gasteiger partial charge in [-0.3, -0.25) is 4.79 Å². The second-order valence-electron chi connectivity index (χ2n) is 3.67. The van der Waals surface area contributed by atoms with Gasteiger partial charge >= 0.3 is 0 Å². The summed E-state index contributed by atoms with van der Waals surface area (Å²) in [6.07, 6.45) is 0.831. The Bertz CT molecular complexity index is 532. The number of aryl methyl sites for hydroxylation is 1. The van der Waals surface area contributed by atoms with Crippen molar-refractivity contribution < 1.29 is 4.79 Å². The maximum atomic E-state index is 10.7. The predicted molar refractivity (Wildman–Crippen MR) is 67.0 cm³/mol. The first-order chi connectivity index (χ1) is 7.72. The molecule has 2 rings (SSSR count). The summed E-state index contributed by atoms with van der Waals surface area (Å²) >= 11 is 6.14. The van der Waals surface area contributed by atoms with E-state index in [9.17, 15) is 4.79 Å². The lowest BCUT2D eigenvalue weighted by molar-refractivity contribution is 0.112. The van der Waals surface area contributed by atoms with Gasteiger partial charge in [-0.15, -0.1) is 0 Å². The summed E-state index contributed by atoms with van der Waals surface area (Å²) < 4.78 is 0. The summed E-state index contributed by atoms with van der Waals surface area (Å²) in [7, 11) is 0. The Labute approximate surface area is 99.7 Å². The lowest BCUT2D eigenvalue weighted by Crippen LogP contribution is -1.87. The predicted octanol–water partition coefficient (Wildman–Crippen LogP) is 4.13. The van der Waals surface area contributed by atoms with Crippen molar-refractivity contribution in [3.8, 4) is 11.1 Å². The molecule has 1 nitrogen and oxygen atoms in total. The van der Waals surface area contributed by atoms with Crippen molar-refractivity contribution in [1.29, 1.82) is 0 Å². The van der Waals surface area contributed by atoms with Crippen LogP contribution in [0, 0.1) is 6.92 Å². The number of benzene rings is 2. The van der Waals surface area contributed by atoms with Crippen LogP contribution in [0.3, 0.4) is 0 Å². The zero-order chi connectivity index (χ0) is 11.5. The van der Waals surface area contributed by atoms with E-state index in [0.717, 1.165) is 23.0 Å². The molecule has 0 unspecified atom stereocenters. The summed E-state index contributed by atoms with van der Waals surface area (Å²) in [4.78, 5) is 10.7. The van der Waals surface area contributed by atoms with Crippen molar-refractivity contribution in [2.45, 2.75) is 6.92 Å². The van der Waals surface area contributed by atoms with Crippen LogP contribution in [0.1, 0.15) is 15.9 Å². The lowest BCUT2D eigenvalue weighted by Gasteiger charge is -2.08. The summed E-state index contributed by atoms with van der Waals surface area (Å²) in [5.41, 5.74) is 3.76. The van der Waals surface area contributed by atoms with Crippen molar-refractivity contribution in [3.05, 3.63) is 58.6 Å². The highest BCUT2D eigenvalue weighted by atomic mass is 35.5. The van der Waals surface area contributed by atoms with E-state index in [1.54, 1.807) is 12.1 Å². The average molecular weight is 231 g/mol. The number of carbonyl (C=O) groups is 1. The van der Waals surface area contributed by atoms with Crippen LogP contribution in [0.25, 0.3) is 11.1 Å². The second-order valence-corrected chi connectivity index (χ2v) is 4.08. The molecule has 2 heteroatoms. The SMILES string of the molecule is Cc1ccccc1-c1cc(C=O)ccc1Cl. The van der Waals surface area contributed by atoms with Gasteiger partial charge < -0.3 is 0 Å². The molecule has 0 heterocycles. The molecule has 0 amide bonds. The van der Waals surface area contributed by atoms with Crippen molar-refractivity contribution in [1.82, 2.24) is 0 Å². The van der Waals surface area contributed by atoms with Crippen molar-refractivity contribution in [2.24, 2.45) is 0 Å². The smallest absolute Gasteiger partial charge is 0.150 e. The quantitative estimate of drug-likeness (QED) is 0.709. The molecule has 0 bridgehead atoms. The van der Waals surface area contributed by atoms with Crippen LogP contribution < -0.4 is 0 Å². The number of carbonyl (C=O) groups excluding carboxylic acids is 1. The van der Waals surface area contributed by atoms with Gasteiger partial charge in [0.1, 0.15) is 6.29 Å². The Morgan fingerprint density at radius 3 is 2.50 bits per heavy atom. The van der Waals surface area contributed by atoms with Crippen LogP contribution in [-0.4, -0.2) is 6.29 Å².